The quantitative estimate of drug-likeness (QED) is 0.413. The molecule has 0 aliphatic rings. The van der Waals surface area contributed by atoms with E-state index in [0.29, 0.717) is 21.2 Å². The van der Waals surface area contributed by atoms with Gasteiger partial charge in [0.1, 0.15) is 5.39 Å². The van der Waals surface area contributed by atoms with Gasteiger partial charge >= 0.3 is 0 Å². The van der Waals surface area contributed by atoms with E-state index in [0.717, 1.165) is 5.69 Å². The van der Waals surface area contributed by atoms with Crippen molar-refractivity contribution in [3.8, 4) is 5.69 Å². The maximum Gasteiger partial charge on any atom is 0.262 e. The topological polar surface area (TPSA) is 63.6 Å². The van der Waals surface area contributed by atoms with E-state index >= 15 is 0 Å². The highest BCUT2D eigenvalue weighted by Crippen LogP contribution is 2.32. The number of benzene rings is 2. The number of aromatic nitrogens is 4. The Morgan fingerprint density at radius 3 is 2.73 bits per heavy atom. The number of rotatable bonds is 4. The van der Waals surface area contributed by atoms with Gasteiger partial charge < -0.3 is 4.98 Å². The second-order valence-electron chi connectivity index (χ2n) is 5.82. The van der Waals surface area contributed by atoms with Gasteiger partial charge in [0.05, 0.1) is 11.9 Å². The zero-order valence-electron chi connectivity index (χ0n) is 13.9. The Morgan fingerprint density at radius 2 is 1.96 bits per heavy atom. The minimum atomic E-state index is -0.203. The van der Waals surface area contributed by atoms with Gasteiger partial charge in [0.2, 0.25) is 0 Å². The fraction of sp³-hybridized carbons (Fsp3) is 0.105. The first kappa shape index (κ1) is 16.9. The van der Waals surface area contributed by atoms with E-state index in [-0.39, 0.29) is 10.8 Å². The number of H-pyrrole nitrogens is 1. The normalized spacial score (nSPS) is 12.4. The average molecular weight is 383 g/mol. The summed E-state index contributed by atoms with van der Waals surface area (Å²) in [5, 5.41) is 6.07. The van der Waals surface area contributed by atoms with Crippen LogP contribution in [0.25, 0.3) is 16.7 Å². The molecular formula is C19H15ClN4OS. The van der Waals surface area contributed by atoms with Crippen molar-refractivity contribution in [3.63, 3.8) is 0 Å². The van der Waals surface area contributed by atoms with Gasteiger partial charge in [-0.3, -0.25) is 4.79 Å². The van der Waals surface area contributed by atoms with Crippen molar-refractivity contribution in [1.29, 1.82) is 0 Å². The molecule has 7 heteroatoms. The van der Waals surface area contributed by atoms with Crippen molar-refractivity contribution < 1.29 is 0 Å². The van der Waals surface area contributed by atoms with Gasteiger partial charge in [0.25, 0.3) is 5.56 Å². The van der Waals surface area contributed by atoms with Gasteiger partial charge in [-0.05, 0) is 30.7 Å². The number of halogens is 1. The summed E-state index contributed by atoms with van der Waals surface area (Å²) in [4.78, 5) is 19.9. The maximum atomic E-state index is 12.4. The van der Waals surface area contributed by atoms with Gasteiger partial charge in [-0.15, -0.1) is 0 Å². The monoisotopic (exact) mass is 382 g/mol. The van der Waals surface area contributed by atoms with E-state index in [4.69, 9.17) is 11.6 Å². The van der Waals surface area contributed by atoms with E-state index in [1.165, 1.54) is 23.5 Å². The highest BCUT2D eigenvalue weighted by atomic mass is 35.5. The predicted octanol–water partition coefficient (Wildman–Crippen LogP) is 4.62. The zero-order valence-corrected chi connectivity index (χ0v) is 15.5. The SMILES string of the molecule is CC(Sc1nc2c(cnn2-c2cccc(Cl)c2)c(=O)[nH]1)c1ccccc1. The number of nitrogens with zero attached hydrogens (tertiary/aromatic N) is 3. The molecule has 0 aliphatic heterocycles. The second kappa shape index (κ2) is 6.97. The van der Waals surface area contributed by atoms with Crippen LogP contribution in [0.3, 0.4) is 0 Å². The van der Waals surface area contributed by atoms with Gasteiger partial charge in [-0.25, -0.2) is 9.67 Å². The molecule has 130 valence electrons. The third-order valence-corrected chi connectivity index (χ3v) is 5.30. The molecule has 0 aliphatic carbocycles. The van der Waals surface area contributed by atoms with E-state index < -0.39 is 0 Å². The molecule has 5 nitrogen and oxygen atoms in total. The summed E-state index contributed by atoms with van der Waals surface area (Å²) in [6.07, 6.45) is 1.52. The highest BCUT2D eigenvalue weighted by Gasteiger charge is 2.14. The fourth-order valence-corrected chi connectivity index (χ4v) is 3.81. The third-order valence-electron chi connectivity index (χ3n) is 4.03. The summed E-state index contributed by atoms with van der Waals surface area (Å²) in [7, 11) is 0. The summed E-state index contributed by atoms with van der Waals surface area (Å²) in [5.74, 6) is 0. The molecule has 0 saturated carbocycles. The molecule has 0 amide bonds. The number of hydrogen-bond donors (Lipinski definition) is 1. The average Bonchev–Trinajstić information content (AvgIpc) is 3.07. The zero-order chi connectivity index (χ0) is 18.1. The van der Waals surface area contributed by atoms with Crippen molar-refractivity contribution in [2.75, 3.05) is 0 Å². The van der Waals surface area contributed by atoms with Crippen LogP contribution in [0.5, 0.6) is 0 Å². The molecule has 0 spiro atoms. The first-order chi connectivity index (χ1) is 12.6. The lowest BCUT2D eigenvalue weighted by Gasteiger charge is -2.11. The minimum absolute atomic E-state index is 0.152. The molecule has 2 aromatic heterocycles. The molecule has 1 atom stereocenters. The summed E-state index contributed by atoms with van der Waals surface area (Å²) in [6, 6.07) is 17.4. The Balaban J connectivity index is 1.76. The molecule has 26 heavy (non-hydrogen) atoms. The number of thioether (sulfide) groups is 1. The van der Waals surface area contributed by atoms with E-state index in [2.05, 4.69) is 34.1 Å². The van der Waals surface area contributed by atoms with Crippen molar-refractivity contribution in [3.05, 3.63) is 81.7 Å². The van der Waals surface area contributed by atoms with Crippen LogP contribution in [0.2, 0.25) is 5.02 Å². The molecule has 0 saturated heterocycles. The van der Waals surface area contributed by atoms with Crippen LogP contribution in [-0.2, 0) is 0 Å². The first-order valence-corrected chi connectivity index (χ1v) is 9.33. The first-order valence-electron chi connectivity index (χ1n) is 8.07. The molecule has 4 rings (SSSR count). The molecule has 1 N–H and O–H groups in total. The number of fused-ring (bicyclic) bond motifs is 1. The number of aromatic amines is 1. The van der Waals surface area contributed by atoms with Gasteiger partial charge in [0.15, 0.2) is 10.8 Å². The van der Waals surface area contributed by atoms with Crippen molar-refractivity contribution >= 4 is 34.4 Å². The van der Waals surface area contributed by atoms with Crippen LogP contribution >= 0.6 is 23.4 Å². The van der Waals surface area contributed by atoms with Crippen LogP contribution in [0.15, 0.2) is 70.7 Å². The summed E-state index contributed by atoms with van der Waals surface area (Å²) < 4.78 is 1.63. The Kier molecular flexibility index (Phi) is 4.53. The van der Waals surface area contributed by atoms with Gasteiger partial charge in [-0.2, -0.15) is 5.10 Å². The summed E-state index contributed by atoms with van der Waals surface area (Å²) in [5.41, 5.74) is 2.24. The molecule has 4 aromatic rings. The van der Waals surface area contributed by atoms with Crippen LogP contribution in [0.1, 0.15) is 17.7 Å². The van der Waals surface area contributed by atoms with Crippen LogP contribution in [-0.4, -0.2) is 19.7 Å². The molecule has 2 aromatic carbocycles. The number of hydrogen-bond acceptors (Lipinski definition) is 4. The van der Waals surface area contributed by atoms with E-state index in [1.807, 2.05) is 30.3 Å². The standard InChI is InChI=1S/C19H15ClN4OS/c1-12(13-6-3-2-4-7-13)26-19-22-17-16(18(25)23-19)11-21-24(17)15-9-5-8-14(20)10-15/h2-12H,1H3,(H,22,23,25). The Labute approximate surface area is 159 Å². The molecule has 0 fully saturated rings. The Morgan fingerprint density at radius 1 is 1.15 bits per heavy atom. The van der Waals surface area contributed by atoms with Crippen LogP contribution in [0, 0.1) is 0 Å². The summed E-state index contributed by atoms with van der Waals surface area (Å²) >= 11 is 7.58. The molecular weight excluding hydrogens is 368 g/mol. The Bertz CT molecular complexity index is 1120. The summed E-state index contributed by atoms with van der Waals surface area (Å²) in [6.45, 7) is 2.08. The van der Waals surface area contributed by atoms with Crippen molar-refractivity contribution in [1.82, 2.24) is 19.7 Å². The smallest absolute Gasteiger partial charge is 0.262 e. The van der Waals surface area contributed by atoms with Crippen molar-refractivity contribution in [2.45, 2.75) is 17.3 Å². The minimum Gasteiger partial charge on any atom is -0.301 e. The number of nitrogens with one attached hydrogen (secondary N) is 1. The van der Waals surface area contributed by atoms with Gasteiger partial charge in [-0.1, -0.05) is 59.8 Å². The predicted molar refractivity (Wildman–Crippen MR) is 105 cm³/mol. The third kappa shape index (κ3) is 3.25. The van der Waals surface area contributed by atoms with Crippen LogP contribution < -0.4 is 5.56 Å². The maximum absolute atomic E-state index is 12.4. The fourth-order valence-electron chi connectivity index (χ4n) is 2.71. The lowest BCUT2D eigenvalue weighted by atomic mass is 10.2. The molecule has 1 unspecified atom stereocenters. The Hall–Kier alpha value is -2.57. The lowest BCUT2D eigenvalue weighted by Crippen LogP contribution is -2.10. The molecule has 0 bridgehead atoms. The molecule has 2 heterocycles. The highest BCUT2D eigenvalue weighted by molar-refractivity contribution is 7.99. The lowest BCUT2D eigenvalue weighted by molar-refractivity contribution is 0.871. The van der Waals surface area contributed by atoms with Crippen molar-refractivity contribution in [2.24, 2.45) is 0 Å². The van der Waals surface area contributed by atoms with Gasteiger partial charge in [0, 0.05) is 10.3 Å². The largest absolute Gasteiger partial charge is 0.301 e. The van der Waals surface area contributed by atoms with E-state index in [9.17, 15) is 4.79 Å². The second-order valence-corrected chi connectivity index (χ2v) is 7.58. The van der Waals surface area contributed by atoms with Crippen LogP contribution in [0.4, 0.5) is 0 Å². The van der Waals surface area contributed by atoms with E-state index in [1.54, 1.807) is 16.8 Å². The molecule has 0 radical (unpaired) electrons.